The second-order valence-corrected chi connectivity index (χ2v) is 5.32. The van der Waals surface area contributed by atoms with Gasteiger partial charge in [-0.1, -0.05) is 13.3 Å². The Balaban J connectivity index is 2.35. The average molecular weight is 272 g/mol. The zero-order valence-corrected chi connectivity index (χ0v) is 11.0. The molecule has 2 nitrogen and oxygen atoms in total. The van der Waals surface area contributed by atoms with E-state index in [1.165, 1.54) is 12.4 Å². The van der Waals surface area contributed by atoms with Gasteiger partial charge in [-0.25, -0.2) is 0 Å². The molecule has 0 aliphatic heterocycles. The topological polar surface area (TPSA) is 38.9 Å². The fourth-order valence-corrected chi connectivity index (χ4v) is 2.97. The molecular weight excluding hydrogens is 253 g/mol. The van der Waals surface area contributed by atoms with Gasteiger partial charge >= 0.3 is 6.18 Å². The van der Waals surface area contributed by atoms with Crippen molar-refractivity contribution < 1.29 is 13.2 Å². The largest absolute Gasteiger partial charge is 0.416 e. The van der Waals surface area contributed by atoms with Gasteiger partial charge in [0.15, 0.2) is 0 Å². The van der Waals surface area contributed by atoms with Crippen LogP contribution in [0.4, 0.5) is 13.2 Å². The smallest absolute Gasteiger partial charge is 0.327 e. The molecule has 19 heavy (non-hydrogen) atoms. The lowest BCUT2D eigenvalue weighted by atomic mass is 9.73. The number of pyridine rings is 1. The zero-order valence-electron chi connectivity index (χ0n) is 11.0. The maximum Gasteiger partial charge on any atom is 0.416 e. The third-order valence-corrected chi connectivity index (χ3v) is 4.15. The summed E-state index contributed by atoms with van der Waals surface area (Å²) in [6.45, 7) is 2.08. The summed E-state index contributed by atoms with van der Waals surface area (Å²) in [5.74, 6) is 0.232. The molecule has 0 saturated heterocycles. The molecule has 0 bridgehead atoms. The van der Waals surface area contributed by atoms with Crippen molar-refractivity contribution in [2.75, 3.05) is 0 Å². The number of halogens is 3. The molecule has 0 spiro atoms. The highest BCUT2D eigenvalue weighted by molar-refractivity contribution is 5.31. The van der Waals surface area contributed by atoms with Crippen molar-refractivity contribution in [1.82, 2.24) is 4.98 Å². The second kappa shape index (κ2) is 5.49. The van der Waals surface area contributed by atoms with E-state index in [1.54, 1.807) is 0 Å². The molecule has 1 aromatic heterocycles. The number of hydrogen-bond donors (Lipinski definition) is 1. The van der Waals surface area contributed by atoms with E-state index in [9.17, 15) is 13.2 Å². The van der Waals surface area contributed by atoms with Gasteiger partial charge < -0.3 is 5.73 Å². The lowest BCUT2D eigenvalue weighted by Crippen LogP contribution is -2.35. The quantitative estimate of drug-likeness (QED) is 0.891. The minimum atomic E-state index is -4.34. The van der Waals surface area contributed by atoms with Crippen LogP contribution in [0.5, 0.6) is 0 Å². The van der Waals surface area contributed by atoms with Crippen molar-refractivity contribution in [2.24, 2.45) is 11.7 Å². The first-order valence-corrected chi connectivity index (χ1v) is 6.70. The first kappa shape index (κ1) is 14.3. The molecule has 1 fully saturated rings. The SMILES string of the molecule is CCC1CCC(N)C(c2cnccc2C(F)(F)F)C1. The molecule has 2 rings (SSSR count). The number of aromatic nitrogens is 1. The van der Waals surface area contributed by atoms with Crippen LogP contribution in [-0.4, -0.2) is 11.0 Å². The van der Waals surface area contributed by atoms with Gasteiger partial charge in [0.25, 0.3) is 0 Å². The van der Waals surface area contributed by atoms with Gasteiger partial charge in [0.1, 0.15) is 0 Å². The lowest BCUT2D eigenvalue weighted by molar-refractivity contribution is -0.138. The van der Waals surface area contributed by atoms with Crippen LogP contribution in [0.1, 0.15) is 49.7 Å². The summed E-state index contributed by atoms with van der Waals surface area (Å²) in [5.41, 5.74) is 5.73. The predicted octanol–water partition coefficient (Wildman–Crippen LogP) is 3.72. The van der Waals surface area contributed by atoms with Crippen molar-refractivity contribution in [3.8, 4) is 0 Å². The van der Waals surface area contributed by atoms with Crippen molar-refractivity contribution >= 4 is 0 Å². The maximum atomic E-state index is 13.0. The number of nitrogens with zero attached hydrogens (tertiary/aromatic N) is 1. The molecule has 3 atom stereocenters. The third kappa shape index (κ3) is 3.08. The Morgan fingerprint density at radius 3 is 2.74 bits per heavy atom. The Morgan fingerprint density at radius 2 is 2.11 bits per heavy atom. The Hall–Kier alpha value is -1.10. The summed E-state index contributed by atoms with van der Waals surface area (Å²) < 4.78 is 39.1. The van der Waals surface area contributed by atoms with Crippen LogP contribution in [0, 0.1) is 5.92 Å². The van der Waals surface area contributed by atoms with Crippen LogP contribution < -0.4 is 5.73 Å². The van der Waals surface area contributed by atoms with E-state index in [-0.39, 0.29) is 17.5 Å². The van der Waals surface area contributed by atoms with E-state index in [0.717, 1.165) is 31.7 Å². The van der Waals surface area contributed by atoms with Gasteiger partial charge in [0, 0.05) is 24.4 Å². The maximum absolute atomic E-state index is 13.0. The minimum absolute atomic E-state index is 0.201. The number of nitrogens with two attached hydrogens (primary N) is 1. The molecule has 1 heterocycles. The van der Waals surface area contributed by atoms with Crippen LogP contribution in [-0.2, 0) is 6.18 Å². The molecule has 3 unspecified atom stereocenters. The van der Waals surface area contributed by atoms with Crippen LogP contribution in [0.25, 0.3) is 0 Å². The van der Waals surface area contributed by atoms with E-state index in [2.05, 4.69) is 11.9 Å². The number of rotatable bonds is 2. The standard InChI is InChI=1S/C14H19F3N2/c1-2-9-3-4-13(18)10(7-9)11-8-19-6-5-12(11)14(15,16)17/h5-6,8-10,13H,2-4,7,18H2,1H3. The van der Waals surface area contributed by atoms with Crippen LogP contribution >= 0.6 is 0 Å². The molecule has 1 aliphatic rings. The molecule has 1 aromatic rings. The predicted molar refractivity (Wildman–Crippen MR) is 67.6 cm³/mol. The van der Waals surface area contributed by atoms with Crippen molar-refractivity contribution in [1.29, 1.82) is 0 Å². The normalized spacial score (nSPS) is 28.4. The van der Waals surface area contributed by atoms with Crippen LogP contribution in [0.15, 0.2) is 18.5 Å². The molecule has 106 valence electrons. The minimum Gasteiger partial charge on any atom is -0.327 e. The Labute approximate surface area is 111 Å². The van der Waals surface area contributed by atoms with Gasteiger partial charge in [0.2, 0.25) is 0 Å². The average Bonchev–Trinajstić information content (AvgIpc) is 2.38. The van der Waals surface area contributed by atoms with Crippen molar-refractivity contribution in [2.45, 2.75) is 50.7 Å². The molecule has 2 N–H and O–H groups in total. The lowest BCUT2D eigenvalue weighted by Gasteiger charge is -2.35. The molecule has 1 saturated carbocycles. The van der Waals surface area contributed by atoms with E-state index >= 15 is 0 Å². The molecular formula is C14H19F3N2. The van der Waals surface area contributed by atoms with Gasteiger partial charge in [-0.15, -0.1) is 0 Å². The molecule has 0 amide bonds. The highest BCUT2D eigenvalue weighted by Gasteiger charge is 2.38. The third-order valence-electron chi connectivity index (χ3n) is 4.15. The van der Waals surface area contributed by atoms with Gasteiger partial charge in [-0.05, 0) is 36.8 Å². The fourth-order valence-electron chi connectivity index (χ4n) is 2.97. The molecule has 5 heteroatoms. The highest BCUT2D eigenvalue weighted by atomic mass is 19.4. The van der Waals surface area contributed by atoms with E-state index in [4.69, 9.17) is 5.73 Å². The van der Waals surface area contributed by atoms with Crippen LogP contribution in [0.2, 0.25) is 0 Å². The summed E-state index contributed by atoms with van der Waals surface area (Å²) in [4.78, 5) is 3.86. The van der Waals surface area contributed by atoms with Crippen molar-refractivity contribution in [3.63, 3.8) is 0 Å². The summed E-state index contributed by atoms with van der Waals surface area (Å²) >= 11 is 0. The Morgan fingerprint density at radius 1 is 1.37 bits per heavy atom. The second-order valence-electron chi connectivity index (χ2n) is 5.32. The summed E-state index contributed by atoms with van der Waals surface area (Å²) in [6.07, 6.45) is 1.71. The number of hydrogen-bond acceptors (Lipinski definition) is 2. The zero-order chi connectivity index (χ0) is 14.0. The summed E-state index contributed by atoms with van der Waals surface area (Å²) in [7, 11) is 0. The number of alkyl halides is 3. The molecule has 1 aliphatic carbocycles. The Bertz CT molecular complexity index is 431. The van der Waals surface area contributed by atoms with Crippen molar-refractivity contribution in [3.05, 3.63) is 29.6 Å². The molecule has 0 aromatic carbocycles. The fraction of sp³-hybridized carbons (Fsp3) is 0.643. The Kier molecular flexibility index (Phi) is 4.13. The van der Waals surface area contributed by atoms with E-state index in [1.807, 2.05) is 0 Å². The first-order chi connectivity index (χ1) is 8.93. The monoisotopic (exact) mass is 272 g/mol. The van der Waals surface area contributed by atoms with E-state index in [0.29, 0.717) is 5.92 Å². The van der Waals surface area contributed by atoms with Gasteiger partial charge in [-0.3, -0.25) is 4.98 Å². The van der Waals surface area contributed by atoms with E-state index < -0.39 is 11.7 Å². The summed E-state index contributed by atoms with van der Waals surface area (Å²) in [5, 5.41) is 0. The van der Waals surface area contributed by atoms with Crippen LogP contribution in [0.3, 0.4) is 0 Å². The summed E-state index contributed by atoms with van der Waals surface area (Å²) in [6, 6.07) is 0.852. The van der Waals surface area contributed by atoms with Gasteiger partial charge in [0.05, 0.1) is 5.56 Å². The van der Waals surface area contributed by atoms with Gasteiger partial charge in [-0.2, -0.15) is 13.2 Å². The first-order valence-electron chi connectivity index (χ1n) is 6.70. The highest BCUT2D eigenvalue weighted by Crippen LogP contribution is 2.41. The molecule has 0 radical (unpaired) electrons.